The van der Waals surface area contributed by atoms with Gasteiger partial charge >= 0.3 is 0 Å². The number of rotatable bonds is 2. The van der Waals surface area contributed by atoms with Crippen LogP contribution in [0.4, 0.5) is 0 Å². The molecule has 1 aromatic rings. The van der Waals surface area contributed by atoms with Crippen LogP contribution >= 0.6 is 7.37 Å². The monoisotopic (exact) mass is 195 g/mol. The zero-order chi connectivity index (χ0) is 9.90. The van der Waals surface area contributed by atoms with E-state index in [-0.39, 0.29) is 0 Å². The molecule has 0 aliphatic carbocycles. The molecule has 0 N–H and O–H groups in total. The predicted octanol–water partition coefficient (Wildman–Crippen LogP) is 2.47. The molecule has 0 saturated heterocycles. The molecule has 0 atom stereocenters. The molecule has 1 aromatic carbocycles. The van der Waals surface area contributed by atoms with E-state index in [1.807, 2.05) is 6.07 Å². The summed E-state index contributed by atoms with van der Waals surface area (Å²) in [7, 11) is -2.49. The van der Waals surface area contributed by atoms with Gasteiger partial charge in [0.2, 0.25) is 7.37 Å². The van der Waals surface area contributed by atoms with Crippen LogP contribution in [0.1, 0.15) is 5.56 Å². The van der Waals surface area contributed by atoms with E-state index < -0.39 is 7.37 Å². The second-order valence-electron chi connectivity index (χ2n) is 2.98. The van der Waals surface area contributed by atoms with E-state index in [4.69, 9.17) is 9.79 Å². The highest BCUT2D eigenvalue weighted by molar-refractivity contribution is 7.57. The van der Waals surface area contributed by atoms with Crippen molar-refractivity contribution >= 4 is 7.37 Å². The molecule has 0 aromatic heterocycles. The van der Waals surface area contributed by atoms with Gasteiger partial charge < -0.3 is 4.52 Å². The second kappa shape index (κ2) is 3.64. The summed E-state index contributed by atoms with van der Waals surface area (Å²) in [6.07, 6.45) is 0. The highest BCUT2D eigenvalue weighted by Crippen LogP contribution is 2.38. The van der Waals surface area contributed by atoms with Crippen molar-refractivity contribution in [3.05, 3.63) is 29.8 Å². The lowest BCUT2D eigenvalue weighted by atomic mass is 10.2. The first-order valence-electron chi connectivity index (χ1n) is 3.76. The molecule has 13 heavy (non-hydrogen) atoms. The smallest absolute Gasteiger partial charge is 0.242 e. The Morgan fingerprint density at radius 2 is 1.85 bits per heavy atom. The van der Waals surface area contributed by atoms with E-state index >= 15 is 0 Å². The lowest BCUT2D eigenvalue weighted by Crippen LogP contribution is -1.88. The lowest BCUT2D eigenvalue weighted by Gasteiger charge is -2.09. The molecule has 1 rings (SSSR count). The van der Waals surface area contributed by atoms with Crippen LogP contribution in [0.15, 0.2) is 24.3 Å². The Hall–Kier alpha value is -1.26. The van der Waals surface area contributed by atoms with Gasteiger partial charge in [0.25, 0.3) is 0 Å². The molecule has 4 heteroatoms. The van der Waals surface area contributed by atoms with Crippen LogP contribution in [-0.4, -0.2) is 13.3 Å². The van der Waals surface area contributed by atoms with Crippen molar-refractivity contribution in [3.8, 4) is 11.8 Å². The van der Waals surface area contributed by atoms with Crippen LogP contribution in [0.3, 0.4) is 0 Å². The number of nitrogens with zero attached hydrogens (tertiary/aromatic N) is 1. The van der Waals surface area contributed by atoms with Crippen LogP contribution < -0.4 is 4.52 Å². The van der Waals surface area contributed by atoms with E-state index in [2.05, 4.69) is 0 Å². The van der Waals surface area contributed by atoms with Gasteiger partial charge in [-0.3, -0.25) is 4.57 Å². The quantitative estimate of drug-likeness (QED) is 0.681. The largest absolute Gasteiger partial charge is 0.443 e. The number of benzene rings is 1. The summed E-state index contributed by atoms with van der Waals surface area (Å²) in [6.45, 7) is 3.09. The Morgan fingerprint density at radius 3 is 2.23 bits per heavy atom. The van der Waals surface area contributed by atoms with E-state index in [1.54, 1.807) is 37.6 Å². The number of hydrogen-bond donors (Lipinski definition) is 0. The Balaban J connectivity index is 2.83. The maximum Gasteiger partial charge on any atom is 0.242 e. The zero-order valence-electron chi connectivity index (χ0n) is 7.52. The maximum atomic E-state index is 11.3. The summed E-state index contributed by atoms with van der Waals surface area (Å²) in [5.41, 5.74) is 0.564. The van der Waals surface area contributed by atoms with E-state index in [0.717, 1.165) is 0 Å². The van der Waals surface area contributed by atoms with Crippen LogP contribution in [0, 0.1) is 11.3 Å². The molecule has 0 amide bonds. The first-order valence-corrected chi connectivity index (χ1v) is 6.28. The Morgan fingerprint density at radius 1 is 1.31 bits per heavy atom. The molecule has 0 bridgehead atoms. The van der Waals surface area contributed by atoms with Crippen molar-refractivity contribution in [1.82, 2.24) is 0 Å². The normalized spacial score (nSPS) is 10.5. The number of nitriles is 1. The summed E-state index contributed by atoms with van der Waals surface area (Å²) in [5, 5.41) is 8.52. The van der Waals surface area contributed by atoms with Crippen LogP contribution in [0.25, 0.3) is 0 Å². The molecule has 0 radical (unpaired) electrons. The fraction of sp³-hybridized carbons (Fsp3) is 0.222. The first kappa shape index (κ1) is 9.83. The van der Waals surface area contributed by atoms with Crippen LogP contribution in [0.5, 0.6) is 5.75 Å². The van der Waals surface area contributed by atoms with Gasteiger partial charge in [-0.1, -0.05) is 0 Å². The molecule has 0 aliphatic rings. The van der Waals surface area contributed by atoms with Gasteiger partial charge in [0, 0.05) is 13.3 Å². The highest BCUT2D eigenvalue weighted by Gasteiger charge is 2.07. The van der Waals surface area contributed by atoms with Gasteiger partial charge in [0.15, 0.2) is 0 Å². The maximum absolute atomic E-state index is 11.3. The third kappa shape index (κ3) is 3.31. The molecule has 68 valence electrons. The van der Waals surface area contributed by atoms with E-state index in [0.29, 0.717) is 11.3 Å². The Kier molecular flexibility index (Phi) is 2.75. The van der Waals surface area contributed by atoms with E-state index in [9.17, 15) is 4.57 Å². The van der Waals surface area contributed by atoms with Gasteiger partial charge in [0.1, 0.15) is 5.75 Å². The van der Waals surface area contributed by atoms with Gasteiger partial charge in [-0.2, -0.15) is 5.26 Å². The minimum absolute atomic E-state index is 0.535. The van der Waals surface area contributed by atoms with Crippen molar-refractivity contribution < 1.29 is 9.09 Å². The topological polar surface area (TPSA) is 50.1 Å². The van der Waals surface area contributed by atoms with E-state index in [1.165, 1.54) is 0 Å². The molecule has 0 saturated carbocycles. The average molecular weight is 195 g/mol. The average Bonchev–Trinajstić information content (AvgIpc) is 2.03. The molecule has 3 nitrogen and oxygen atoms in total. The molecule has 0 heterocycles. The summed E-state index contributed by atoms with van der Waals surface area (Å²) < 4.78 is 16.4. The Labute approximate surface area is 77.4 Å². The highest BCUT2D eigenvalue weighted by atomic mass is 31.2. The fourth-order valence-electron chi connectivity index (χ4n) is 0.844. The van der Waals surface area contributed by atoms with Crippen molar-refractivity contribution in [3.63, 3.8) is 0 Å². The zero-order valence-corrected chi connectivity index (χ0v) is 8.41. The molecular formula is C9H10NO2P. The van der Waals surface area contributed by atoms with Crippen molar-refractivity contribution in [2.75, 3.05) is 13.3 Å². The first-order chi connectivity index (χ1) is 6.01. The molecule has 0 aliphatic heterocycles. The van der Waals surface area contributed by atoms with Gasteiger partial charge in [-0.25, -0.2) is 0 Å². The second-order valence-corrected chi connectivity index (χ2v) is 5.67. The minimum atomic E-state index is -2.49. The SMILES string of the molecule is CP(C)(=O)Oc1ccc(C#N)cc1. The summed E-state index contributed by atoms with van der Waals surface area (Å²) >= 11 is 0. The van der Waals surface area contributed by atoms with Crippen molar-refractivity contribution in [2.45, 2.75) is 0 Å². The molecule has 0 fully saturated rings. The van der Waals surface area contributed by atoms with Gasteiger partial charge in [-0.05, 0) is 24.3 Å². The van der Waals surface area contributed by atoms with Crippen molar-refractivity contribution in [1.29, 1.82) is 5.26 Å². The van der Waals surface area contributed by atoms with Gasteiger partial charge in [0.05, 0.1) is 11.6 Å². The molecule has 0 unspecified atom stereocenters. The summed E-state index contributed by atoms with van der Waals surface area (Å²) in [4.78, 5) is 0. The number of hydrogen-bond acceptors (Lipinski definition) is 3. The predicted molar refractivity (Wildman–Crippen MR) is 51.2 cm³/mol. The molecular weight excluding hydrogens is 185 g/mol. The van der Waals surface area contributed by atoms with Crippen molar-refractivity contribution in [2.24, 2.45) is 0 Å². The van der Waals surface area contributed by atoms with Crippen LogP contribution in [-0.2, 0) is 4.57 Å². The third-order valence-electron chi connectivity index (χ3n) is 1.31. The van der Waals surface area contributed by atoms with Crippen LogP contribution in [0.2, 0.25) is 0 Å². The summed E-state index contributed by atoms with van der Waals surface area (Å²) in [5.74, 6) is 0.535. The Bertz CT molecular complexity index is 372. The third-order valence-corrected chi connectivity index (χ3v) is 1.96. The lowest BCUT2D eigenvalue weighted by molar-refractivity contribution is 0.494. The standard InChI is InChI=1S/C9H10NO2P/c1-13(2,11)12-9-5-3-8(7-10)4-6-9/h3-6H,1-2H3. The van der Waals surface area contributed by atoms with Gasteiger partial charge in [-0.15, -0.1) is 0 Å². The summed E-state index contributed by atoms with van der Waals surface area (Å²) in [6, 6.07) is 8.53. The minimum Gasteiger partial charge on any atom is -0.443 e. The molecule has 0 spiro atoms. The fourth-order valence-corrected chi connectivity index (χ4v) is 1.47.